The molecule has 0 atom stereocenters. The van der Waals surface area contributed by atoms with E-state index in [2.05, 4.69) is 10.1 Å². The highest BCUT2D eigenvalue weighted by Gasteiger charge is 2.15. The molecule has 3 rings (SSSR count). The predicted molar refractivity (Wildman–Crippen MR) is 71.8 cm³/mol. The van der Waals surface area contributed by atoms with Crippen LogP contribution in [0.5, 0.6) is 0 Å². The molecule has 2 heterocycles. The van der Waals surface area contributed by atoms with Gasteiger partial charge in [-0.05, 0) is 26.0 Å². The molecule has 0 radical (unpaired) electrons. The molecular formula is C14H13N3O3. The Morgan fingerprint density at radius 1 is 1.40 bits per heavy atom. The monoisotopic (exact) mass is 271 g/mol. The largest absolute Gasteiger partial charge is 0.478 e. The van der Waals surface area contributed by atoms with Crippen LogP contribution in [-0.4, -0.2) is 25.8 Å². The summed E-state index contributed by atoms with van der Waals surface area (Å²) >= 11 is 0. The topological polar surface area (TPSA) is 81.2 Å². The molecule has 0 unspecified atom stereocenters. The van der Waals surface area contributed by atoms with Crippen molar-refractivity contribution in [2.45, 2.75) is 20.4 Å². The van der Waals surface area contributed by atoms with Gasteiger partial charge in [0.1, 0.15) is 11.3 Å². The first kappa shape index (κ1) is 12.4. The van der Waals surface area contributed by atoms with Crippen molar-refractivity contribution in [1.29, 1.82) is 0 Å². The number of carboxylic acid groups (broad SMARTS) is 1. The smallest absolute Gasteiger partial charge is 0.337 e. The lowest BCUT2D eigenvalue weighted by Gasteiger charge is -2.04. The highest BCUT2D eigenvalue weighted by molar-refractivity contribution is 6.00. The molecule has 0 saturated heterocycles. The van der Waals surface area contributed by atoms with Crippen LogP contribution in [0.25, 0.3) is 11.0 Å². The summed E-state index contributed by atoms with van der Waals surface area (Å²) < 4.78 is 7.04. The third-order valence-electron chi connectivity index (χ3n) is 3.39. The maximum atomic E-state index is 11.2. The van der Waals surface area contributed by atoms with Gasteiger partial charge in [-0.15, -0.1) is 0 Å². The molecular weight excluding hydrogens is 258 g/mol. The Bertz CT molecular complexity index is 782. The number of imidazole rings is 1. The summed E-state index contributed by atoms with van der Waals surface area (Å²) in [6.07, 6.45) is 1.64. The number of carboxylic acids is 1. The lowest BCUT2D eigenvalue weighted by Crippen LogP contribution is -2.01. The van der Waals surface area contributed by atoms with Gasteiger partial charge in [0.05, 0.1) is 29.6 Å². The van der Waals surface area contributed by atoms with Crippen molar-refractivity contribution in [2.24, 2.45) is 0 Å². The maximum absolute atomic E-state index is 11.2. The van der Waals surface area contributed by atoms with Crippen LogP contribution >= 0.6 is 0 Å². The third kappa shape index (κ3) is 1.85. The van der Waals surface area contributed by atoms with Crippen LogP contribution in [0.3, 0.4) is 0 Å². The second-order valence-electron chi connectivity index (χ2n) is 4.65. The van der Waals surface area contributed by atoms with Crippen LogP contribution in [0.15, 0.2) is 29.0 Å². The van der Waals surface area contributed by atoms with E-state index in [4.69, 9.17) is 9.63 Å². The number of rotatable bonds is 3. The number of para-hydroxylation sites is 1. The van der Waals surface area contributed by atoms with E-state index < -0.39 is 5.97 Å². The number of aromatic carboxylic acids is 1. The summed E-state index contributed by atoms with van der Waals surface area (Å²) in [5.74, 6) is -0.211. The minimum atomic E-state index is -0.974. The summed E-state index contributed by atoms with van der Waals surface area (Å²) in [4.78, 5) is 15.4. The molecule has 0 fully saturated rings. The van der Waals surface area contributed by atoms with Gasteiger partial charge in [-0.25, -0.2) is 9.78 Å². The minimum absolute atomic E-state index is 0.208. The van der Waals surface area contributed by atoms with Gasteiger partial charge in [0, 0.05) is 5.56 Å². The zero-order chi connectivity index (χ0) is 14.3. The van der Waals surface area contributed by atoms with Gasteiger partial charge in [0.25, 0.3) is 0 Å². The number of aromatic nitrogens is 3. The average molecular weight is 271 g/mol. The Hall–Kier alpha value is -2.63. The highest BCUT2D eigenvalue weighted by Crippen LogP contribution is 2.21. The van der Waals surface area contributed by atoms with Gasteiger partial charge in [-0.3, -0.25) is 0 Å². The molecule has 0 saturated carbocycles. The van der Waals surface area contributed by atoms with E-state index in [1.807, 2.05) is 24.5 Å². The van der Waals surface area contributed by atoms with Crippen molar-refractivity contribution in [1.82, 2.24) is 14.7 Å². The molecule has 0 aliphatic heterocycles. The van der Waals surface area contributed by atoms with Gasteiger partial charge < -0.3 is 14.2 Å². The average Bonchev–Trinajstić information content (AvgIpc) is 2.97. The molecule has 0 bridgehead atoms. The summed E-state index contributed by atoms with van der Waals surface area (Å²) in [7, 11) is 0. The molecule has 0 spiro atoms. The Morgan fingerprint density at radius 3 is 2.85 bits per heavy atom. The Morgan fingerprint density at radius 2 is 2.20 bits per heavy atom. The number of carbonyl (C=O) groups is 1. The van der Waals surface area contributed by atoms with E-state index >= 15 is 0 Å². The summed E-state index contributed by atoms with van der Waals surface area (Å²) in [5, 5.41) is 13.1. The first-order valence-corrected chi connectivity index (χ1v) is 6.17. The van der Waals surface area contributed by atoms with Crippen LogP contribution < -0.4 is 0 Å². The molecule has 6 heteroatoms. The molecule has 20 heavy (non-hydrogen) atoms. The number of fused-ring (bicyclic) bond motifs is 1. The first-order chi connectivity index (χ1) is 9.58. The van der Waals surface area contributed by atoms with Gasteiger partial charge in [0.15, 0.2) is 0 Å². The van der Waals surface area contributed by atoms with Gasteiger partial charge in [0.2, 0.25) is 0 Å². The second-order valence-corrected chi connectivity index (χ2v) is 4.65. The molecule has 2 aromatic heterocycles. The van der Waals surface area contributed by atoms with E-state index in [-0.39, 0.29) is 5.56 Å². The van der Waals surface area contributed by atoms with Crippen molar-refractivity contribution >= 4 is 17.0 Å². The number of hydrogen-bond donors (Lipinski definition) is 1. The van der Waals surface area contributed by atoms with Gasteiger partial charge in [-0.2, -0.15) is 0 Å². The molecule has 0 aliphatic carbocycles. The fourth-order valence-corrected chi connectivity index (χ4v) is 2.28. The first-order valence-electron chi connectivity index (χ1n) is 6.17. The van der Waals surface area contributed by atoms with E-state index in [1.54, 1.807) is 18.5 Å². The Kier molecular flexibility index (Phi) is 2.78. The molecule has 1 aromatic carbocycles. The van der Waals surface area contributed by atoms with Crippen LogP contribution in [0.4, 0.5) is 0 Å². The SMILES string of the molecule is Cc1noc(C)c1Cn1cnc2c(C(=O)O)cccc21. The van der Waals surface area contributed by atoms with Crippen LogP contribution in [0, 0.1) is 13.8 Å². The highest BCUT2D eigenvalue weighted by atomic mass is 16.5. The molecule has 102 valence electrons. The van der Waals surface area contributed by atoms with Crippen LogP contribution in [0.2, 0.25) is 0 Å². The predicted octanol–water partition coefficient (Wildman–Crippen LogP) is 2.39. The normalized spacial score (nSPS) is 11.1. The van der Waals surface area contributed by atoms with Crippen molar-refractivity contribution in [3.8, 4) is 0 Å². The fourth-order valence-electron chi connectivity index (χ4n) is 2.28. The molecule has 0 aliphatic rings. The van der Waals surface area contributed by atoms with Gasteiger partial charge >= 0.3 is 5.97 Å². The van der Waals surface area contributed by atoms with E-state index in [1.165, 1.54) is 0 Å². The van der Waals surface area contributed by atoms with Crippen LogP contribution in [0.1, 0.15) is 27.4 Å². The number of benzene rings is 1. The minimum Gasteiger partial charge on any atom is -0.478 e. The summed E-state index contributed by atoms with van der Waals surface area (Å²) in [6, 6.07) is 5.13. The van der Waals surface area contributed by atoms with Crippen molar-refractivity contribution in [3.63, 3.8) is 0 Å². The number of hydrogen-bond acceptors (Lipinski definition) is 4. The number of aryl methyl sites for hydroxylation is 2. The standard InChI is InChI=1S/C14H13N3O3/c1-8-11(9(2)20-16-8)6-17-7-15-13-10(14(18)19)4-3-5-12(13)17/h3-5,7H,6H2,1-2H3,(H,18,19). The number of nitrogens with zero attached hydrogens (tertiary/aromatic N) is 3. The molecule has 1 N–H and O–H groups in total. The zero-order valence-corrected chi connectivity index (χ0v) is 11.1. The van der Waals surface area contributed by atoms with Gasteiger partial charge in [-0.1, -0.05) is 11.2 Å². The summed E-state index contributed by atoms with van der Waals surface area (Å²) in [5.41, 5.74) is 3.31. The van der Waals surface area contributed by atoms with E-state index in [9.17, 15) is 4.79 Å². The second kappa shape index (κ2) is 4.48. The maximum Gasteiger partial charge on any atom is 0.337 e. The molecule has 6 nitrogen and oxygen atoms in total. The molecule has 0 amide bonds. The Labute approximate surface area is 114 Å². The van der Waals surface area contributed by atoms with Crippen molar-refractivity contribution < 1.29 is 14.4 Å². The fraction of sp³-hybridized carbons (Fsp3) is 0.214. The van der Waals surface area contributed by atoms with Crippen LogP contribution in [-0.2, 0) is 6.54 Å². The van der Waals surface area contributed by atoms with E-state index in [0.717, 1.165) is 22.5 Å². The summed E-state index contributed by atoms with van der Waals surface area (Å²) in [6.45, 7) is 4.30. The lowest BCUT2D eigenvalue weighted by atomic mass is 10.1. The lowest BCUT2D eigenvalue weighted by molar-refractivity contribution is 0.0699. The third-order valence-corrected chi connectivity index (χ3v) is 3.39. The Balaban J connectivity index is 2.10. The molecule has 3 aromatic rings. The van der Waals surface area contributed by atoms with Crippen molar-refractivity contribution in [3.05, 3.63) is 47.1 Å². The zero-order valence-electron chi connectivity index (χ0n) is 11.1. The van der Waals surface area contributed by atoms with Crippen molar-refractivity contribution in [2.75, 3.05) is 0 Å². The quantitative estimate of drug-likeness (QED) is 0.791. The van der Waals surface area contributed by atoms with E-state index in [0.29, 0.717) is 12.1 Å².